The van der Waals surface area contributed by atoms with Crippen LogP contribution >= 0.6 is 23.2 Å². The fourth-order valence-corrected chi connectivity index (χ4v) is 2.03. The van der Waals surface area contributed by atoms with Gasteiger partial charge in [-0.25, -0.2) is 0 Å². The molecule has 0 amide bonds. The Kier molecular flexibility index (Phi) is 6.54. The highest BCUT2D eigenvalue weighted by Crippen LogP contribution is 2.20. The number of benzene rings is 2. The first kappa shape index (κ1) is 19.2. The molecule has 0 saturated carbocycles. The molecule has 134 valence electrons. The van der Waals surface area contributed by atoms with E-state index >= 15 is 0 Å². The summed E-state index contributed by atoms with van der Waals surface area (Å²) >= 11 is 11.6. The first-order valence-electron chi connectivity index (χ1n) is 7.07. The molecular weight excluding hydrogens is 379 g/mol. The van der Waals surface area contributed by atoms with E-state index in [-0.39, 0.29) is 23.2 Å². The van der Waals surface area contributed by atoms with Crippen molar-refractivity contribution in [1.29, 1.82) is 0 Å². The Bertz CT molecular complexity index is 849. The maximum Gasteiger partial charge on any atom is 0.190 e. The van der Waals surface area contributed by atoms with E-state index in [1.54, 1.807) is 0 Å². The van der Waals surface area contributed by atoms with Crippen LogP contribution in [0.2, 0.25) is 10.0 Å². The number of rotatable bonds is 4. The van der Waals surface area contributed by atoms with Crippen molar-refractivity contribution in [3.63, 3.8) is 0 Å². The van der Waals surface area contributed by atoms with Crippen molar-refractivity contribution < 1.29 is 10.2 Å². The summed E-state index contributed by atoms with van der Waals surface area (Å²) in [7, 11) is 0. The molecule has 0 aliphatic carbocycles. The number of halogens is 2. The number of nitrogens with zero attached hydrogens (tertiary/aromatic N) is 4. The molecular formula is C16H14Cl2N6O2. The summed E-state index contributed by atoms with van der Waals surface area (Å²) in [6.07, 6.45) is 2.52. The van der Waals surface area contributed by atoms with Crippen LogP contribution in [0.1, 0.15) is 11.1 Å². The molecule has 10 heteroatoms. The van der Waals surface area contributed by atoms with Gasteiger partial charge in [0.25, 0.3) is 0 Å². The summed E-state index contributed by atoms with van der Waals surface area (Å²) in [6.45, 7) is 0. The van der Waals surface area contributed by atoms with Crippen LogP contribution in [-0.4, -0.2) is 34.3 Å². The van der Waals surface area contributed by atoms with Gasteiger partial charge in [0.15, 0.2) is 11.7 Å². The number of aromatic hydroxyl groups is 2. The van der Waals surface area contributed by atoms with Crippen molar-refractivity contribution >= 4 is 47.3 Å². The molecule has 0 radical (unpaired) electrons. The van der Waals surface area contributed by atoms with E-state index in [0.717, 1.165) is 0 Å². The highest BCUT2D eigenvalue weighted by Gasteiger charge is 2.01. The zero-order chi connectivity index (χ0) is 19.1. The molecule has 2 aromatic rings. The SMILES string of the molecule is NC(=N/N=C/c1cc(Cl)ccc1O)C(N)=N/N=C/c1cc(Cl)ccc1O. The summed E-state index contributed by atoms with van der Waals surface area (Å²) in [4.78, 5) is 0. The van der Waals surface area contributed by atoms with Gasteiger partial charge in [-0.1, -0.05) is 23.2 Å². The lowest BCUT2D eigenvalue weighted by Crippen LogP contribution is -2.30. The van der Waals surface area contributed by atoms with Crippen LogP contribution in [0.3, 0.4) is 0 Å². The van der Waals surface area contributed by atoms with E-state index in [9.17, 15) is 10.2 Å². The predicted molar refractivity (Wildman–Crippen MR) is 105 cm³/mol. The Morgan fingerprint density at radius 1 is 0.769 bits per heavy atom. The van der Waals surface area contributed by atoms with Crippen LogP contribution in [0.15, 0.2) is 56.8 Å². The minimum Gasteiger partial charge on any atom is -0.507 e. The van der Waals surface area contributed by atoms with Crippen molar-refractivity contribution in [2.24, 2.45) is 31.9 Å². The Balaban J connectivity index is 2.09. The molecule has 0 aliphatic heterocycles. The third-order valence-corrected chi connectivity index (χ3v) is 3.44. The van der Waals surface area contributed by atoms with Gasteiger partial charge in [0, 0.05) is 21.2 Å². The zero-order valence-corrected chi connectivity index (χ0v) is 14.7. The predicted octanol–water partition coefficient (Wildman–Crippen LogP) is 2.49. The van der Waals surface area contributed by atoms with Crippen LogP contribution in [-0.2, 0) is 0 Å². The molecule has 6 N–H and O–H groups in total. The summed E-state index contributed by atoms with van der Waals surface area (Å²) in [5.41, 5.74) is 12.0. The first-order chi connectivity index (χ1) is 12.4. The van der Waals surface area contributed by atoms with Crippen LogP contribution < -0.4 is 11.5 Å². The first-order valence-corrected chi connectivity index (χ1v) is 7.83. The normalized spacial score (nSPS) is 13.0. The van der Waals surface area contributed by atoms with Crippen molar-refractivity contribution in [3.8, 4) is 11.5 Å². The molecule has 2 rings (SSSR count). The van der Waals surface area contributed by atoms with E-state index < -0.39 is 0 Å². The van der Waals surface area contributed by atoms with Gasteiger partial charge < -0.3 is 21.7 Å². The lowest BCUT2D eigenvalue weighted by molar-refractivity contribution is 0.474. The minimum absolute atomic E-state index is 0.0144. The zero-order valence-electron chi connectivity index (χ0n) is 13.2. The Labute approximate surface area is 158 Å². The molecule has 0 atom stereocenters. The Morgan fingerprint density at radius 3 is 1.54 bits per heavy atom. The van der Waals surface area contributed by atoms with E-state index in [1.165, 1.54) is 48.8 Å². The van der Waals surface area contributed by atoms with Gasteiger partial charge in [-0.3, -0.25) is 0 Å². The summed E-state index contributed by atoms with van der Waals surface area (Å²) in [5, 5.41) is 34.9. The average Bonchev–Trinajstić information content (AvgIpc) is 2.60. The quantitative estimate of drug-likeness (QED) is 0.360. The molecule has 26 heavy (non-hydrogen) atoms. The molecule has 2 aromatic carbocycles. The number of amidine groups is 2. The molecule has 0 bridgehead atoms. The van der Waals surface area contributed by atoms with Crippen LogP contribution in [0.25, 0.3) is 0 Å². The molecule has 0 spiro atoms. The number of hydrogen-bond donors (Lipinski definition) is 4. The standard InChI is InChI=1S/C16H14Cl2N6O2/c17-11-1-3-13(25)9(5-11)7-21-23-15(19)16(20)24-22-8-10-6-12(18)2-4-14(10)26/h1-8,25-26H,(H2,19,23)(H2,20,24)/b21-7+,22-8+. The number of hydrogen-bond acceptors (Lipinski definition) is 6. The average molecular weight is 393 g/mol. The van der Waals surface area contributed by atoms with Crippen molar-refractivity contribution in [2.45, 2.75) is 0 Å². The smallest absolute Gasteiger partial charge is 0.190 e. The Morgan fingerprint density at radius 2 is 1.15 bits per heavy atom. The second-order valence-corrected chi connectivity index (χ2v) is 5.74. The van der Waals surface area contributed by atoms with Crippen molar-refractivity contribution in [2.75, 3.05) is 0 Å². The third kappa shape index (κ3) is 5.47. The molecule has 0 fully saturated rings. The lowest BCUT2D eigenvalue weighted by Gasteiger charge is -1.98. The topological polar surface area (TPSA) is 142 Å². The van der Waals surface area contributed by atoms with Gasteiger partial charge >= 0.3 is 0 Å². The Hall–Kier alpha value is -3.10. The summed E-state index contributed by atoms with van der Waals surface area (Å²) in [5.74, 6) is -0.399. The van der Waals surface area contributed by atoms with E-state index in [1.807, 2.05) is 0 Å². The van der Waals surface area contributed by atoms with Crippen molar-refractivity contribution in [1.82, 2.24) is 0 Å². The summed E-state index contributed by atoms with van der Waals surface area (Å²) in [6, 6.07) is 8.92. The molecule has 0 unspecified atom stereocenters. The fraction of sp³-hybridized carbons (Fsp3) is 0. The fourth-order valence-electron chi connectivity index (χ4n) is 1.67. The second kappa shape index (κ2) is 8.84. The van der Waals surface area contributed by atoms with Crippen LogP contribution in [0, 0.1) is 0 Å². The van der Waals surface area contributed by atoms with E-state index in [2.05, 4.69) is 20.4 Å². The molecule has 0 aliphatic rings. The third-order valence-electron chi connectivity index (χ3n) is 2.97. The number of phenols is 2. The summed E-state index contributed by atoms with van der Waals surface area (Å²) < 4.78 is 0. The van der Waals surface area contributed by atoms with Crippen LogP contribution in [0.5, 0.6) is 11.5 Å². The monoisotopic (exact) mass is 392 g/mol. The molecule has 0 aromatic heterocycles. The van der Waals surface area contributed by atoms with Gasteiger partial charge in [-0.05, 0) is 36.4 Å². The maximum absolute atomic E-state index is 9.65. The van der Waals surface area contributed by atoms with Gasteiger partial charge in [0.05, 0.1) is 12.4 Å². The lowest BCUT2D eigenvalue weighted by atomic mass is 10.2. The molecule has 8 nitrogen and oxygen atoms in total. The highest BCUT2D eigenvalue weighted by atomic mass is 35.5. The van der Waals surface area contributed by atoms with Gasteiger partial charge in [0.1, 0.15) is 11.5 Å². The largest absolute Gasteiger partial charge is 0.507 e. The van der Waals surface area contributed by atoms with Crippen molar-refractivity contribution in [3.05, 3.63) is 57.6 Å². The van der Waals surface area contributed by atoms with E-state index in [4.69, 9.17) is 34.7 Å². The van der Waals surface area contributed by atoms with Crippen LogP contribution in [0.4, 0.5) is 0 Å². The molecule has 0 heterocycles. The number of phenolic OH excluding ortho intramolecular Hbond substituents is 2. The second-order valence-electron chi connectivity index (χ2n) is 4.87. The minimum atomic E-state index is -0.185. The van der Waals surface area contributed by atoms with Gasteiger partial charge in [0.2, 0.25) is 0 Å². The maximum atomic E-state index is 9.65. The highest BCUT2D eigenvalue weighted by molar-refractivity contribution is 6.39. The number of nitrogens with two attached hydrogens (primary N) is 2. The molecule has 0 saturated heterocycles. The van der Waals surface area contributed by atoms with Gasteiger partial charge in [-0.2, -0.15) is 10.2 Å². The van der Waals surface area contributed by atoms with E-state index in [0.29, 0.717) is 21.2 Å². The van der Waals surface area contributed by atoms with Gasteiger partial charge in [-0.15, -0.1) is 10.2 Å².